The van der Waals surface area contributed by atoms with Crippen LogP contribution in [0.2, 0.25) is 0 Å². The van der Waals surface area contributed by atoms with E-state index < -0.39 is 0 Å². The van der Waals surface area contributed by atoms with E-state index in [0.29, 0.717) is 5.92 Å². The summed E-state index contributed by atoms with van der Waals surface area (Å²) in [5.41, 5.74) is 4.76. The Balaban J connectivity index is 1.97. The summed E-state index contributed by atoms with van der Waals surface area (Å²) >= 11 is 0. The van der Waals surface area contributed by atoms with Gasteiger partial charge in [0.2, 0.25) is 0 Å². The molecule has 3 rings (SSSR count). The molecule has 1 unspecified atom stereocenters. The number of hydrogen-bond acceptors (Lipinski definition) is 0. The maximum Gasteiger partial charge on any atom is 0.00889 e. The molecule has 1 fully saturated rings. The average Bonchev–Trinajstić information content (AvgIpc) is 2.70. The lowest BCUT2D eigenvalue weighted by molar-refractivity contribution is 0.662. The molecule has 0 spiro atoms. The molecule has 2 aliphatic carbocycles. The van der Waals surface area contributed by atoms with E-state index in [1.807, 2.05) is 0 Å². The second-order valence-corrected chi connectivity index (χ2v) is 4.83. The molecular formula is C16H18. The summed E-state index contributed by atoms with van der Waals surface area (Å²) in [7, 11) is 0. The summed E-state index contributed by atoms with van der Waals surface area (Å²) < 4.78 is 0. The average molecular weight is 210 g/mol. The van der Waals surface area contributed by atoms with Gasteiger partial charge in [-0.15, -0.1) is 0 Å². The van der Waals surface area contributed by atoms with Gasteiger partial charge in [0.25, 0.3) is 0 Å². The molecule has 1 aromatic carbocycles. The Morgan fingerprint density at radius 2 is 1.81 bits per heavy atom. The fourth-order valence-electron chi connectivity index (χ4n) is 3.04. The standard InChI is InChI=1S/C16H18/c1-2-7-13(8-3-1)15-11-5-4-9-14-10-6-12-16(14)15/h1-3,7-8,10,12,15H,4-6,9,11H2. The Kier molecular flexibility index (Phi) is 2.65. The number of allylic oxidation sites excluding steroid dienone is 4. The van der Waals surface area contributed by atoms with Crippen LogP contribution in [0.3, 0.4) is 0 Å². The lowest BCUT2D eigenvalue weighted by atomic mass is 9.86. The summed E-state index contributed by atoms with van der Waals surface area (Å²) in [6, 6.07) is 11.0. The molecule has 16 heavy (non-hydrogen) atoms. The van der Waals surface area contributed by atoms with Gasteiger partial charge in [0, 0.05) is 5.92 Å². The van der Waals surface area contributed by atoms with Crippen molar-refractivity contribution in [2.75, 3.05) is 0 Å². The highest BCUT2D eigenvalue weighted by molar-refractivity contribution is 5.45. The highest BCUT2D eigenvalue weighted by Gasteiger charge is 2.23. The maximum atomic E-state index is 2.44. The highest BCUT2D eigenvalue weighted by atomic mass is 14.3. The van der Waals surface area contributed by atoms with E-state index in [2.05, 4.69) is 42.5 Å². The van der Waals surface area contributed by atoms with Crippen molar-refractivity contribution in [1.29, 1.82) is 0 Å². The Morgan fingerprint density at radius 3 is 2.69 bits per heavy atom. The molecule has 1 aromatic rings. The molecule has 1 saturated carbocycles. The van der Waals surface area contributed by atoms with Crippen LogP contribution in [0.4, 0.5) is 0 Å². The van der Waals surface area contributed by atoms with Crippen molar-refractivity contribution in [2.45, 2.75) is 38.0 Å². The SMILES string of the molecule is C1=C2CCCCC(c3ccccc3)C2=CC1. The molecule has 0 amide bonds. The Bertz CT molecular complexity index is 423. The molecule has 82 valence electrons. The van der Waals surface area contributed by atoms with Gasteiger partial charge in [0.05, 0.1) is 0 Å². The minimum atomic E-state index is 0.664. The Morgan fingerprint density at radius 1 is 0.938 bits per heavy atom. The largest absolute Gasteiger partial charge is 0.0772 e. The molecular weight excluding hydrogens is 192 g/mol. The van der Waals surface area contributed by atoms with Crippen molar-refractivity contribution in [3.8, 4) is 0 Å². The molecule has 1 atom stereocenters. The lowest BCUT2D eigenvalue weighted by Gasteiger charge is -2.18. The van der Waals surface area contributed by atoms with Crippen LogP contribution in [0.5, 0.6) is 0 Å². The molecule has 2 aliphatic rings. The van der Waals surface area contributed by atoms with Gasteiger partial charge in [-0.2, -0.15) is 0 Å². The minimum absolute atomic E-state index is 0.664. The first-order valence-corrected chi connectivity index (χ1v) is 6.39. The van der Waals surface area contributed by atoms with Crippen molar-refractivity contribution in [3.63, 3.8) is 0 Å². The monoisotopic (exact) mass is 210 g/mol. The highest BCUT2D eigenvalue weighted by Crippen LogP contribution is 2.41. The third-order valence-corrected chi connectivity index (χ3v) is 3.84. The molecule has 0 radical (unpaired) electrons. The van der Waals surface area contributed by atoms with Gasteiger partial charge < -0.3 is 0 Å². The van der Waals surface area contributed by atoms with E-state index in [0.717, 1.165) is 6.42 Å². The first-order chi connectivity index (χ1) is 7.95. The topological polar surface area (TPSA) is 0 Å². The lowest BCUT2D eigenvalue weighted by Crippen LogP contribution is -2.01. The van der Waals surface area contributed by atoms with E-state index in [9.17, 15) is 0 Å². The predicted molar refractivity (Wildman–Crippen MR) is 68.4 cm³/mol. The fraction of sp³-hybridized carbons (Fsp3) is 0.375. The van der Waals surface area contributed by atoms with E-state index in [4.69, 9.17) is 0 Å². The molecule has 0 saturated heterocycles. The Hall–Kier alpha value is -1.30. The number of benzene rings is 1. The second-order valence-electron chi connectivity index (χ2n) is 4.83. The van der Waals surface area contributed by atoms with Gasteiger partial charge in [0.15, 0.2) is 0 Å². The van der Waals surface area contributed by atoms with E-state index in [1.165, 1.54) is 31.2 Å². The quantitative estimate of drug-likeness (QED) is 0.635. The van der Waals surface area contributed by atoms with Crippen LogP contribution in [0, 0.1) is 0 Å². The smallest absolute Gasteiger partial charge is 0.00889 e. The van der Waals surface area contributed by atoms with E-state index in [1.54, 1.807) is 11.1 Å². The number of rotatable bonds is 1. The van der Waals surface area contributed by atoms with Gasteiger partial charge in [0.1, 0.15) is 0 Å². The molecule has 0 aliphatic heterocycles. The van der Waals surface area contributed by atoms with Crippen LogP contribution in [-0.4, -0.2) is 0 Å². The summed E-state index contributed by atoms with van der Waals surface area (Å²) in [5.74, 6) is 0.664. The normalized spacial score (nSPS) is 24.4. The molecule has 0 N–H and O–H groups in total. The van der Waals surface area contributed by atoms with Crippen LogP contribution >= 0.6 is 0 Å². The van der Waals surface area contributed by atoms with Crippen LogP contribution in [0.15, 0.2) is 53.6 Å². The molecule has 0 nitrogen and oxygen atoms in total. The molecule has 0 bridgehead atoms. The zero-order chi connectivity index (χ0) is 10.8. The van der Waals surface area contributed by atoms with Crippen molar-refractivity contribution >= 4 is 0 Å². The van der Waals surface area contributed by atoms with Crippen LogP contribution in [0.25, 0.3) is 0 Å². The molecule has 0 heteroatoms. The van der Waals surface area contributed by atoms with Crippen LogP contribution in [0.1, 0.15) is 43.6 Å². The predicted octanol–water partition coefficient (Wildman–Crippen LogP) is 4.60. The van der Waals surface area contributed by atoms with Gasteiger partial charge >= 0.3 is 0 Å². The van der Waals surface area contributed by atoms with Gasteiger partial charge in [-0.3, -0.25) is 0 Å². The molecule has 0 heterocycles. The van der Waals surface area contributed by atoms with Crippen molar-refractivity contribution in [1.82, 2.24) is 0 Å². The second kappa shape index (κ2) is 4.29. The van der Waals surface area contributed by atoms with Crippen molar-refractivity contribution < 1.29 is 0 Å². The zero-order valence-electron chi connectivity index (χ0n) is 9.65. The summed E-state index contributed by atoms with van der Waals surface area (Å²) in [5, 5.41) is 0. The minimum Gasteiger partial charge on any atom is -0.0772 e. The third kappa shape index (κ3) is 1.73. The summed E-state index contributed by atoms with van der Waals surface area (Å²) in [6.45, 7) is 0. The van der Waals surface area contributed by atoms with Gasteiger partial charge in [-0.05, 0) is 42.4 Å². The van der Waals surface area contributed by atoms with Gasteiger partial charge in [-0.1, -0.05) is 48.9 Å². The summed E-state index contributed by atoms with van der Waals surface area (Å²) in [6.07, 6.45) is 11.4. The zero-order valence-corrected chi connectivity index (χ0v) is 9.65. The molecule has 0 aromatic heterocycles. The van der Waals surface area contributed by atoms with E-state index >= 15 is 0 Å². The van der Waals surface area contributed by atoms with E-state index in [-0.39, 0.29) is 0 Å². The number of hydrogen-bond donors (Lipinski definition) is 0. The van der Waals surface area contributed by atoms with Crippen LogP contribution in [-0.2, 0) is 0 Å². The van der Waals surface area contributed by atoms with Crippen molar-refractivity contribution in [3.05, 3.63) is 59.2 Å². The Labute approximate surface area is 97.7 Å². The van der Waals surface area contributed by atoms with Crippen molar-refractivity contribution in [2.24, 2.45) is 0 Å². The fourth-order valence-corrected chi connectivity index (χ4v) is 3.04. The summed E-state index contributed by atoms with van der Waals surface area (Å²) in [4.78, 5) is 0. The maximum absolute atomic E-state index is 2.44. The third-order valence-electron chi connectivity index (χ3n) is 3.84. The first-order valence-electron chi connectivity index (χ1n) is 6.39. The number of fused-ring (bicyclic) bond motifs is 1. The van der Waals surface area contributed by atoms with Crippen LogP contribution < -0.4 is 0 Å². The van der Waals surface area contributed by atoms with Gasteiger partial charge in [-0.25, -0.2) is 0 Å². The first kappa shape index (κ1) is 9.89.